The van der Waals surface area contributed by atoms with Gasteiger partial charge in [-0.15, -0.1) is 0 Å². The molecule has 0 amide bonds. The lowest BCUT2D eigenvalue weighted by atomic mass is 9.88. The number of hydrogen-bond acceptors (Lipinski definition) is 7. The van der Waals surface area contributed by atoms with Crippen LogP contribution in [0.4, 0.5) is 0 Å². The Bertz CT molecular complexity index is 3570. The zero-order valence-electron chi connectivity index (χ0n) is 36.6. The van der Waals surface area contributed by atoms with Crippen LogP contribution in [0.25, 0.3) is 113 Å². The van der Waals surface area contributed by atoms with Crippen molar-refractivity contribution in [2.45, 2.75) is 0 Å². The number of benzene rings is 9. The Hall–Kier alpha value is -9.51. The standard InChI is InChI=1S/C61H39N7/c62-40-41-17-14-24-47(37-41)42-33-35-46(36-34-42)59-64-58(45-22-8-3-9-23-45)67-61(68-59)51-28-16-26-49(39-51)53-30-11-13-32-55(53)54-31-12-10-29-52(54)48-25-15-27-50(38-48)60-65-56(43-18-4-1-5-19-43)63-57(66-60)44-20-6-2-7-21-44/h1-39H. The molecule has 68 heavy (non-hydrogen) atoms. The largest absolute Gasteiger partial charge is 0.208 e. The van der Waals surface area contributed by atoms with E-state index < -0.39 is 0 Å². The van der Waals surface area contributed by atoms with E-state index in [1.807, 2.05) is 140 Å². The first-order valence-corrected chi connectivity index (χ1v) is 22.3. The summed E-state index contributed by atoms with van der Waals surface area (Å²) in [5.74, 6) is 3.57. The number of nitriles is 1. The molecule has 0 N–H and O–H groups in total. The average Bonchev–Trinajstić information content (AvgIpc) is 3.43. The topological polar surface area (TPSA) is 101 Å². The summed E-state index contributed by atoms with van der Waals surface area (Å²) in [6.45, 7) is 0. The van der Waals surface area contributed by atoms with Gasteiger partial charge in [0.15, 0.2) is 34.9 Å². The van der Waals surface area contributed by atoms with Crippen molar-refractivity contribution in [3.8, 4) is 119 Å². The predicted molar refractivity (Wildman–Crippen MR) is 272 cm³/mol. The second-order valence-corrected chi connectivity index (χ2v) is 16.2. The lowest BCUT2D eigenvalue weighted by Gasteiger charge is -2.16. The minimum Gasteiger partial charge on any atom is -0.208 e. The third-order valence-electron chi connectivity index (χ3n) is 11.8. The van der Waals surface area contributed by atoms with Crippen molar-refractivity contribution in [3.05, 3.63) is 242 Å². The minimum absolute atomic E-state index is 0.567. The molecule has 7 nitrogen and oxygen atoms in total. The van der Waals surface area contributed by atoms with Gasteiger partial charge in [0.05, 0.1) is 11.6 Å². The van der Waals surface area contributed by atoms with Crippen molar-refractivity contribution in [2.75, 3.05) is 0 Å². The molecular weight excluding hydrogens is 831 g/mol. The summed E-state index contributed by atoms with van der Waals surface area (Å²) in [6, 6.07) is 82.0. The van der Waals surface area contributed by atoms with Crippen LogP contribution in [0, 0.1) is 11.3 Å². The lowest BCUT2D eigenvalue weighted by molar-refractivity contribution is 1.07. The fourth-order valence-electron chi connectivity index (χ4n) is 8.46. The SMILES string of the molecule is N#Cc1cccc(-c2ccc(-c3nc(-c4ccccc4)nc(-c4cccc(-c5ccccc5-c5ccccc5-c5cccc(-c6nc(-c7ccccc7)nc(-c7ccccc7)n6)c5)c4)n3)cc2)c1. The summed E-state index contributed by atoms with van der Waals surface area (Å²) in [4.78, 5) is 30.1. The van der Waals surface area contributed by atoms with Gasteiger partial charge in [0.1, 0.15) is 0 Å². The van der Waals surface area contributed by atoms with E-state index in [-0.39, 0.29) is 0 Å². The first-order chi connectivity index (χ1) is 33.6. The van der Waals surface area contributed by atoms with Crippen molar-refractivity contribution >= 4 is 0 Å². The van der Waals surface area contributed by atoms with E-state index in [1.165, 1.54) is 0 Å². The average molecular weight is 870 g/mol. The summed E-state index contributed by atoms with van der Waals surface area (Å²) < 4.78 is 0. The summed E-state index contributed by atoms with van der Waals surface area (Å²) in [7, 11) is 0. The fraction of sp³-hybridized carbons (Fsp3) is 0. The second kappa shape index (κ2) is 18.5. The van der Waals surface area contributed by atoms with Gasteiger partial charge in [0.2, 0.25) is 0 Å². The zero-order valence-corrected chi connectivity index (χ0v) is 36.6. The van der Waals surface area contributed by atoms with Crippen molar-refractivity contribution < 1.29 is 0 Å². The molecule has 0 saturated heterocycles. The molecule has 11 rings (SSSR count). The number of rotatable bonds is 10. The van der Waals surface area contributed by atoms with E-state index in [9.17, 15) is 5.26 Å². The molecule has 0 saturated carbocycles. The van der Waals surface area contributed by atoms with Crippen LogP contribution in [-0.2, 0) is 0 Å². The van der Waals surface area contributed by atoms with Gasteiger partial charge in [0, 0.05) is 33.4 Å². The van der Waals surface area contributed by atoms with Gasteiger partial charge in [-0.25, -0.2) is 29.9 Å². The van der Waals surface area contributed by atoms with Crippen molar-refractivity contribution in [1.29, 1.82) is 5.26 Å². The van der Waals surface area contributed by atoms with Crippen molar-refractivity contribution in [1.82, 2.24) is 29.9 Å². The van der Waals surface area contributed by atoms with Gasteiger partial charge < -0.3 is 0 Å². The molecule has 2 heterocycles. The molecule has 0 aliphatic rings. The van der Waals surface area contributed by atoms with Gasteiger partial charge in [0.25, 0.3) is 0 Å². The van der Waals surface area contributed by atoms with Gasteiger partial charge in [-0.1, -0.05) is 212 Å². The molecule has 0 unspecified atom stereocenters. The third kappa shape index (κ3) is 8.57. The summed E-state index contributed by atoms with van der Waals surface area (Å²) in [5, 5.41) is 9.47. The molecule has 0 fully saturated rings. The summed E-state index contributed by atoms with van der Waals surface area (Å²) in [5.41, 5.74) is 14.4. The van der Waals surface area contributed by atoms with Crippen molar-refractivity contribution in [3.63, 3.8) is 0 Å². The Morgan fingerprint density at radius 2 is 0.515 bits per heavy atom. The Labute approximate surface area is 394 Å². The highest BCUT2D eigenvalue weighted by atomic mass is 15.0. The highest BCUT2D eigenvalue weighted by Gasteiger charge is 2.18. The Balaban J connectivity index is 0.968. The van der Waals surface area contributed by atoms with E-state index in [0.717, 1.165) is 77.9 Å². The quantitative estimate of drug-likeness (QED) is 0.135. The highest BCUT2D eigenvalue weighted by Crippen LogP contribution is 2.40. The number of nitrogens with zero attached hydrogens (tertiary/aromatic N) is 7. The van der Waals surface area contributed by atoms with Crippen LogP contribution in [-0.4, -0.2) is 29.9 Å². The second-order valence-electron chi connectivity index (χ2n) is 16.2. The number of aromatic nitrogens is 6. The Kier molecular flexibility index (Phi) is 11.2. The van der Waals surface area contributed by atoms with Gasteiger partial charge in [-0.2, -0.15) is 5.26 Å². The van der Waals surface area contributed by atoms with Crippen LogP contribution in [0.2, 0.25) is 0 Å². The van der Waals surface area contributed by atoms with E-state index in [0.29, 0.717) is 40.5 Å². The lowest BCUT2D eigenvalue weighted by Crippen LogP contribution is -2.00. The van der Waals surface area contributed by atoms with Gasteiger partial charge >= 0.3 is 0 Å². The minimum atomic E-state index is 0.567. The molecule has 2 aromatic heterocycles. The van der Waals surface area contributed by atoms with E-state index >= 15 is 0 Å². The molecule has 7 heteroatoms. The van der Waals surface area contributed by atoms with Crippen LogP contribution in [0.5, 0.6) is 0 Å². The Morgan fingerprint density at radius 1 is 0.221 bits per heavy atom. The van der Waals surface area contributed by atoms with Gasteiger partial charge in [-0.05, 0) is 68.8 Å². The van der Waals surface area contributed by atoms with Crippen LogP contribution in [0.3, 0.4) is 0 Å². The monoisotopic (exact) mass is 869 g/mol. The van der Waals surface area contributed by atoms with E-state index in [1.54, 1.807) is 0 Å². The molecule has 9 aromatic carbocycles. The van der Waals surface area contributed by atoms with E-state index in [4.69, 9.17) is 29.9 Å². The zero-order chi connectivity index (χ0) is 45.7. The van der Waals surface area contributed by atoms with Crippen LogP contribution >= 0.6 is 0 Å². The molecule has 0 aliphatic heterocycles. The van der Waals surface area contributed by atoms with Crippen LogP contribution < -0.4 is 0 Å². The molecule has 0 atom stereocenters. The summed E-state index contributed by atoms with van der Waals surface area (Å²) in [6.07, 6.45) is 0. The number of hydrogen-bond donors (Lipinski definition) is 0. The maximum Gasteiger partial charge on any atom is 0.164 e. The normalized spacial score (nSPS) is 10.9. The Morgan fingerprint density at radius 3 is 0.926 bits per heavy atom. The first kappa shape index (κ1) is 41.2. The predicted octanol–water partition coefficient (Wildman–Crippen LogP) is 14.6. The molecular formula is C61H39N7. The van der Waals surface area contributed by atoms with Gasteiger partial charge in [-0.3, -0.25) is 0 Å². The molecule has 11 aromatic rings. The van der Waals surface area contributed by atoms with E-state index in [2.05, 4.69) is 103 Å². The fourth-order valence-corrected chi connectivity index (χ4v) is 8.46. The van der Waals surface area contributed by atoms with Crippen LogP contribution in [0.1, 0.15) is 5.56 Å². The van der Waals surface area contributed by atoms with Crippen LogP contribution in [0.15, 0.2) is 237 Å². The first-order valence-electron chi connectivity index (χ1n) is 22.3. The molecule has 0 radical (unpaired) electrons. The molecule has 0 spiro atoms. The third-order valence-corrected chi connectivity index (χ3v) is 11.8. The molecule has 0 aliphatic carbocycles. The maximum atomic E-state index is 9.47. The highest BCUT2D eigenvalue weighted by molar-refractivity contribution is 5.93. The maximum absolute atomic E-state index is 9.47. The van der Waals surface area contributed by atoms with Crippen molar-refractivity contribution in [2.24, 2.45) is 0 Å². The summed E-state index contributed by atoms with van der Waals surface area (Å²) >= 11 is 0. The molecule has 0 bridgehead atoms. The smallest absolute Gasteiger partial charge is 0.164 e. The molecule has 318 valence electrons.